The summed E-state index contributed by atoms with van der Waals surface area (Å²) in [4.78, 5) is 19.8. The zero-order chi connectivity index (χ0) is 16.4. The molecule has 3 aromatic rings. The highest BCUT2D eigenvalue weighted by atomic mass is 16.1. The highest BCUT2D eigenvalue weighted by Crippen LogP contribution is 2.13. The second-order valence-corrected chi connectivity index (χ2v) is 5.97. The van der Waals surface area contributed by atoms with Crippen molar-refractivity contribution in [1.29, 1.82) is 0 Å². The number of aromatic nitrogens is 4. The molecule has 23 heavy (non-hydrogen) atoms. The Morgan fingerprint density at radius 2 is 2.17 bits per heavy atom. The summed E-state index contributed by atoms with van der Waals surface area (Å²) in [5, 5.41) is 7.25. The molecule has 0 bridgehead atoms. The monoisotopic (exact) mass is 311 g/mol. The third-order valence-corrected chi connectivity index (χ3v) is 3.81. The quantitative estimate of drug-likeness (QED) is 0.760. The number of fused-ring (bicyclic) bond motifs is 1. The smallest absolute Gasteiger partial charge is 0.222 e. The second-order valence-electron chi connectivity index (χ2n) is 5.97. The molecule has 6 nitrogen and oxygen atoms in total. The number of nitrogens with one attached hydrogen (secondary N) is 2. The number of nitrogens with zero attached hydrogens (tertiary/aromatic N) is 3. The molecule has 0 radical (unpaired) electrons. The van der Waals surface area contributed by atoms with Crippen LogP contribution < -0.4 is 5.32 Å². The van der Waals surface area contributed by atoms with Gasteiger partial charge < -0.3 is 10.3 Å². The fourth-order valence-electron chi connectivity index (χ4n) is 2.55. The van der Waals surface area contributed by atoms with Crippen LogP contribution in [0.4, 0.5) is 0 Å². The number of aryl methyl sites for hydroxylation is 2. The van der Waals surface area contributed by atoms with E-state index in [9.17, 15) is 4.79 Å². The van der Waals surface area contributed by atoms with E-state index in [-0.39, 0.29) is 11.9 Å². The predicted molar refractivity (Wildman–Crippen MR) is 89.0 cm³/mol. The number of aromatic amines is 1. The average molecular weight is 311 g/mol. The summed E-state index contributed by atoms with van der Waals surface area (Å²) in [6.07, 6.45) is 2.29. The zero-order valence-electron chi connectivity index (χ0n) is 13.6. The third-order valence-electron chi connectivity index (χ3n) is 3.81. The first-order valence-corrected chi connectivity index (χ1v) is 7.75. The number of carbonyl (C=O) groups is 1. The van der Waals surface area contributed by atoms with Crippen LogP contribution in [0.1, 0.15) is 36.5 Å². The molecule has 0 fully saturated rings. The molecular formula is C17H21N5O. The van der Waals surface area contributed by atoms with E-state index in [1.165, 1.54) is 5.56 Å². The number of hydrogen-bond donors (Lipinski definition) is 2. The molecule has 120 valence electrons. The van der Waals surface area contributed by atoms with Gasteiger partial charge in [0.1, 0.15) is 5.82 Å². The van der Waals surface area contributed by atoms with Gasteiger partial charge in [0.15, 0.2) is 0 Å². The van der Waals surface area contributed by atoms with E-state index in [4.69, 9.17) is 0 Å². The molecule has 2 heterocycles. The molecule has 3 rings (SSSR count). The molecule has 1 amide bonds. The first-order valence-electron chi connectivity index (χ1n) is 7.75. The lowest BCUT2D eigenvalue weighted by molar-refractivity contribution is -0.122. The van der Waals surface area contributed by atoms with E-state index in [0.29, 0.717) is 13.0 Å². The Hall–Kier alpha value is -2.63. The summed E-state index contributed by atoms with van der Waals surface area (Å²) in [5.74, 6) is 0.754. The normalized spacial score (nSPS) is 12.5. The summed E-state index contributed by atoms with van der Waals surface area (Å²) >= 11 is 0. The lowest BCUT2D eigenvalue weighted by atomic mass is 10.2. The minimum absolute atomic E-state index is 0.0118. The largest absolute Gasteiger partial charge is 0.349 e. The number of benzene rings is 1. The molecule has 0 aliphatic heterocycles. The molecule has 0 aliphatic carbocycles. The third kappa shape index (κ3) is 3.59. The van der Waals surface area contributed by atoms with E-state index >= 15 is 0 Å². The Morgan fingerprint density at radius 3 is 2.91 bits per heavy atom. The van der Waals surface area contributed by atoms with Gasteiger partial charge in [0, 0.05) is 12.6 Å². The molecule has 0 spiro atoms. The van der Waals surface area contributed by atoms with Gasteiger partial charge in [-0.15, -0.1) is 0 Å². The first kappa shape index (κ1) is 15.3. The van der Waals surface area contributed by atoms with Gasteiger partial charge in [-0.05, 0) is 44.5 Å². The number of carbonyl (C=O) groups excluding carboxylic acids is 1. The molecule has 1 aromatic carbocycles. The van der Waals surface area contributed by atoms with E-state index < -0.39 is 0 Å². The summed E-state index contributed by atoms with van der Waals surface area (Å²) in [5.41, 5.74) is 4.05. The van der Waals surface area contributed by atoms with Crippen LogP contribution in [-0.4, -0.2) is 25.7 Å². The van der Waals surface area contributed by atoms with E-state index in [1.807, 2.05) is 49.8 Å². The Balaban J connectivity index is 1.57. The highest BCUT2D eigenvalue weighted by molar-refractivity contribution is 5.77. The number of rotatable bonds is 5. The number of imidazole rings is 1. The first-order chi connectivity index (χ1) is 11.0. The summed E-state index contributed by atoms with van der Waals surface area (Å²) < 4.78 is 1.82. The molecule has 2 aromatic heterocycles. The fraction of sp³-hybridized carbons (Fsp3) is 0.353. The molecule has 0 saturated heterocycles. The molecule has 6 heteroatoms. The van der Waals surface area contributed by atoms with Crippen molar-refractivity contribution < 1.29 is 4.79 Å². The average Bonchev–Trinajstić information content (AvgIpc) is 3.10. The van der Waals surface area contributed by atoms with Crippen molar-refractivity contribution in [2.45, 2.75) is 39.8 Å². The van der Waals surface area contributed by atoms with Crippen molar-refractivity contribution in [3.63, 3.8) is 0 Å². The van der Waals surface area contributed by atoms with E-state index in [0.717, 1.165) is 22.6 Å². The summed E-state index contributed by atoms with van der Waals surface area (Å²) in [6, 6.07) is 8.02. The van der Waals surface area contributed by atoms with Crippen LogP contribution in [0.25, 0.3) is 11.0 Å². The Bertz CT molecular complexity index is 832. The van der Waals surface area contributed by atoms with Crippen molar-refractivity contribution in [2.75, 3.05) is 0 Å². The van der Waals surface area contributed by atoms with Crippen molar-refractivity contribution >= 4 is 16.9 Å². The zero-order valence-corrected chi connectivity index (χ0v) is 13.6. The van der Waals surface area contributed by atoms with Crippen molar-refractivity contribution in [2.24, 2.45) is 0 Å². The van der Waals surface area contributed by atoms with Crippen LogP contribution in [0.15, 0.2) is 30.5 Å². The van der Waals surface area contributed by atoms with Crippen LogP contribution in [0.2, 0.25) is 0 Å². The van der Waals surface area contributed by atoms with Crippen LogP contribution in [0.5, 0.6) is 0 Å². The van der Waals surface area contributed by atoms with E-state index in [2.05, 4.69) is 26.4 Å². The van der Waals surface area contributed by atoms with E-state index in [1.54, 1.807) is 0 Å². The summed E-state index contributed by atoms with van der Waals surface area (Å²) in [7, 11) is 0. The fourth-order valence-corrected chi connectivity index (χ4v) is 2.55. The van der Waals surface area contributed by atoms with Crippen LogP contribution >= 0.6 is 0 Å². The molecule has 0 aliphatic rings. The predicted octanol–water partition coefficient (Wildman–Crippen LogP) is 2.64. The van der Waals surface area contributed by atoms with Crippen molar-refractivity contribution in [1.82, 2.24) is 25.1 Å². The van der Waals surface area contributed by atoms with Gasteiger partial charge in [-0.3, -0.25) is 9.48 Å². The Labute approximate surface area is 134 Å². The van der Waals surface area contributed by atoms with Gasteiger partial charge in [-0.25, -0.2) is 4.98 Å². The lowest BCUT2D eigenvalue weighted by Gasteiger charge is -2.11. The van der Waals surface area contributed by atoms with Gasteiger partial charge in [0.25, 0.3) is 0 Å². The minimum Gasteiger partial charge on any atom is -0.349 e. The molecule has 0 unspecified atom stereocenters. The lowest BCUT2D eigenvalue weighted by Crippen LogP contribution is -2.26. The maximum absolute atomic E-state index is 12.1. The van der Waals surface area contributed by atoms with Gasteiger partial charge in [-0.2, -0.15) is 5.10 Å². The second kappa shape index (κ2) is 6.24. The number of H-pyrrole nitrogens is 1. The molecular weight excluding hydrogens is 290 g/mol. The Kier molecular flexibility index (Phi) is 4.14. The van der Waals surface area contributed by atoms with Crippen LogP contribution in [-0.2, 0) is 11.3 Å². The van der Waals surface area contributed by atoms with Gasteiger partial charge >= 0.3 is 0 Å². The number of hydrogen-bond acceptors (Lipinski definition) is 3. The Morgan fingerprint density at radius 1 is 1.35 bits per heavy atom. The maximum Gasteiger partial charge on any atom is 0.222 e. The van der Waals surface area contributed by atoms with Crippen LogP contribution in [0.3, 0.4) is 0 Å². The molecule has 1 atom stereocenters. The standard InChI is InChI=1S/C17H21N5O/c1-11-4-5-14-15(8-11)20-16(19-14)10-18-17(23)9-13(3)22-7-6-12(2)21-22/h4-8,13H,9-10H2,1-3H3,(H,18,23)(H,19,20)/t13-/m1/s1. The SMILES string of the molecule is Cc1ccc2nc(CNC(=O)C[C@@H](C)n3ccc(C)n3)[nH]c2c1. The summed E-state index contributed by atoms with van der Waals surface area (Å²) in [6.45, 7) is 6.36. The van der Waals surface area contributed by atoms with Gasteiger partial charge in [-0.1, -0.05) is 6.07 Å². The minimum atomic E-state index is -0.0118. The number of amides is 1. The highest BCUT2D eigenvalue weighted by Gasteiger charge is 2.12. The van der Waals surface area contributed by atoms with Gasteiger partial charge in [0.2, 0.25) is 5.91 Å². The van der Waals surface area contributed by atoms with Crippen molar-refractivity contribution in [3.8, 4) is 0 Å². The molecule has 0 saturated carbocycles. The van der Waals surface area contributed by atoms with Crippen molar-refractivity contribution in [3.05, 3.63) is 47.5 Å². The maximum atomic E-state index is 12.1. The molecule has 2 N–H and O–H groups in total. The van der Waals surface area contributed by atoms with Crippen LogP contribution in [0, 0.1) is 13.8 Å². The van der Waals surface area contributed by atoms with Gasteiger partial charge in [0.05, 0.1) is 29.3 Å². The topological polar surface area (TPSA) is 75.6 Å².